The van der Waals surface area contributed by atoms with E-state index in [1.807, 2.05) is 0 Å². The molecule has 0 amide bonds. The normalized spacial score (nSPS) is 10.4. The van der Waals surface area contributed by atoms with E-state index in [1.165, 1.54) is 51.1 Å². The van der Waals surface area contributed by atoms with Crippen LogP contribution in [0.5, 0.6) is 0 Å². The summed E-state index contributed by atoms with van der Waals surface area (Å²) in [4.78, 5) is 0. The molecule has 0 saturated carbocycles. The fraction of sp³-hybridized carbons (Fsp3) is 0.867. The van der Waals surface area contributed by atoms with E-state index in [0.717, 1.165) is 6.42 Å². The van der Waals surface area contributed by atoms with Crippen LogP contribution in [0.25, 0.3) is 0 Å². The van der Waals surface area contributed by atoms with Gasteiger partial charge in [-0.15, -0.1) is 0 Å². The zero-order valence-electron chi connectivity index (χ0n) is 12.9. The van der Waals surface area contributed by atoms with E-state index < -0.39 is 0 Å². The van der Waals surface area contributed by atoms with Crippen molar-refractivity contribution in [1.82, 2.24) is 0 Å². The summed E-state index contributed by atoms with van der Waals surface area (Å²) in [6, 6.07) is 0. The van der Waals surface area contributed by atoms with Gasteiger partial charge in [-0.3, -0.25) is 0 Å². The molecule has 0 saturated heterocycles. The Bertz CT molecular complexity index is 198. The minimum atomic E-state index is -0.356. The third-order valence-corrected chi connectivity index (χ3v) is 3.59. The second kappa shape index (κ2) is 12.7. The third kappa shape index (κ3) is 8.88. The summed E-state index contributed by atoms with van der Waals surface area (Å²) in [5.41, 5.74) is 0. The molecule has 17 heavy (non-hydrogen) atoms. The van der Waals surface area contributed by atoms with Gasteiger partial charge in [0.25, 0.3) is 0 Å². The Labute approximate surface area is 122 Å². The Kier molecular flexibility index (Phi) is 14.6. The van der Waals surface area contributed by atoms with E-state index in [1.54, 1.807) is 0 Å². The van der Waals surface area contributed by atoms with Gasteiger partial charge in [-0.2, -0.15) is 24.9 Å². The maximum absolute atomic E-state index is 3.68. The smallest absolute Gasteiger partial charge is 0.315 e. The van der Waals surface area contributed by atoms with Crippen LogP contribution in [0.15, 0.2) is 0 Å². The summed E-state index contributed by atoms with van der Waals surface area (Å²) < 4.78 is 0. The van der Waals surface area contributed by atoms with Gasteiger partial charge in [0.05, 0.1) is 6.15 Å². The third-order valence-electron chi connectivity index (χ3n) is 3.59. The van der Waals surface area contributed by atoms with Gasteiger partial charge < -0.3 is 5.82 Å². The van der Waals surface area contributed by atoms with E-state index >= 15 is 0 Å². The van der Waals surface area contributed by atoms with Gasteiger partial charge in [0.1, 0.15) is 0 Å². The number of hydrogen-bond donors (Lipinski definition) is 0. The molecular formula is C15H30BLi. The average molecular weight is 228 g/mol. The van der Waals surface area contributed by atoms with E-state index in [-0.39, 0.29) is 25.0 Å². The second-order valence-electron chi connectivity index (χ2n) is 5.27. The zero-order chi connectivity index (χ0) is 12.3. The van der Waals surface area contributed by atoms with Crippen molar-refractivity contribution >= 4 is 6.15 Å². The molecule has 0 radical (unpaired) electrons. The maximum Gasteiger partial charge on any atom is 1.00 e. The molecule has 0 aromatic heterocycles. The Morgan fingerprint density at radius 2 is 1.24 bits per heavy atom. The topological polar surface area (TPSA) is 0 Å². The van der Waals surface area contributed by atoms with E-state index in [9.17, 15) is 0 Å². The monoisotopic (exact) mass is 228 g/mol. The van der Waals surface area contributed by atoms with Gasteiger partial charge in [-0.1, -0.05) is 53.4 Å². The van der Waals surface area contributed by atoms with Crippen LogP contribution in [-0.2, 0) is 0 Å². The van der Waals surface area contributed by atoms with Crippen molar-refractivity contribution in [2.45, 2.75) is 85.2 Å². The molecule has 2 heteroatoms. The van der Waals surface area contributed by atoms with Crippen molar-refractivity contribution in [2.75, 3.05) is 0 Å². The summed E-state index contributed by atoms with van der Waals surface area (Å²) in [7, 11) is 0. The molecule has 0 aliphatic heterocycles. The van der Waals surface area contributed by atoms with Crippen molar-refractivity contribution in [3.05, 3.63) is 0 Å². The molecule has 0 heterocycles. The SMILES string of the molecule is CCCCC#C[B-](CCC)(CCC)CCC.[Li+]. The molecule has 0 aromatic rings. The van der Waals surface area contributed by atoms with Crippen LogP contribution in [0.2, 0.25) is 19.0 Å². The first kappa shape index (κ1) is 19.6. The van der Waals surface area contributed by atoms with Crippen LogP contribution in [0, 0.1) is 11.7 Å². The predicted molar refractivity (Wildman–Crippen MR) is 78.3 cm³/mol. The molecule has 0 nitrogen and oxygen atoms in total. The maximum atomic E-state index is 3.68. The first-order valence-corrected chi connectivity index (χ1v) is 7.45. The molecule has 94 valence electrons. The summed E-state index contributed by atoms with van der Waals surface area (Å²) in [6.45, 7) is 9.14. The molecule has 0 spiro atoms. The molecular weight excluding hydrogens is 198 g/mol. The van der Waals surface area contributed by atoms with Gasteiger partial charge >= 0.3 is 18.9 Å². The van der Waals surface area contributed by atoms with E-state index in [2.05, 4.69) is 39.4 Å². The molecule has 0 aromatic carbocycles. The molecule has 0 rings (SSSR count). The Morgan fingerprint density at radius 3 is 1.59 bits per heavy atom. The summed E-state index contributed by atoms with van der Waals surface area (Å²) >= 11 is 0. The van der Waals surface area contributed by atoms with Crippen molar-refractivity contribution in [2.24, 2.45) is 0 Å². The second-order valence-corrected chi connectivity index (χ2v) is 5.27. The standard InChI is InChI=1S/C15H30B.Li/c1-5-9-10-11-15-16(12-6-2,13-7-3)14-8-4;/h5-10,12-14H2,1-4H3;/q-1;+1. The van der Waals surface area contributed by atoms with Gasteiger partial charge in [0, 0.05) is 6.42 Å². The molecule has 0 atom stereocenters. The van der Waals surface area contributed by atoms with Gasteiger partial charge in [-0.05, 0) is 6.42 Å². The number of hydrogen-bond acceptors (Lipinski definition) is 0. The van der Waals surface area contributed by atoms with Crippen LogP contribution in [-0.4, -0.2) is 6.15 Å². The molecule has 0 bridgehead atoms. The van der Waals surface area contributed by atoms with Gasteiger partial charge in [-0.25, -0.2) is 0 Å². The largest absolute Gasteiger partial charge is 1.00 e. The van der Waals surface area contributed by atoms with Crippen molar-refractivity contribution < 1.29 is 18.9 Å². The van der Waals surface area contributed by atoms with Crippen molar-refractivity contribution in [3.8, 4) is 11.7 Å². The molecule has 0 unspecified atom stereocenters. The van der Waals surface area contributed by atoms with Crippen LogP contribution in [0.1, 0.15) is 66.2 Å². The summed E-state index contributed by atoms with van der Waals surface area (Å²) in [5.74, 6) is 7.14. The Hall–Kier alpha value is 0.222. The van der Waals surface area contributed by atoms with Gasteiger partial charge in [0.15, 0.2) is 0 Å². The molecule has 0 fully saturated rings. The first-order chi connectivity index (χ1) is 7.74. The van der Waals surface area contributed by atoms with E-state index in [4.69, 9.17) is 0 Å². The predicted octanol–water partition coefficient (Wildman–Crippen LogP) is 2.40. The summed E-state index contributed by atoms with van der Waals surface area (Å²) in [5, 5.41) is 0. The summed E-state index contributed by atoms with van der Waals surface area (Å²) in [6.07, 6.45) is 11.2. The average Bonchev–Trinajstić information content (AvgIpc) is 2.26. The number of rotatable bonds is 8. The van der Waals surface area contributed by atoms with Crippen molar-refractivity contribution in [1.29, 1.82) is 0 Å². The van der Waals surface area contributed by atoms with Crippen LogP contribution in [0.3, 0.4) is 0 Å². The molecule has 0 aliphatic carbocycles. The minimum absolute atomic E-state index is 0. The fourth-order valence-electron chi connectivity index (χ4n) is 2.86. The quantitative estimate of drug-likeness (QED) is 0.340. The Morgan fingerprint density at radius 1 is 0.765 bits per heavy atom. The minimum Gasteiger partial charge on any atom is -0.315 e. The van der Waals surface area contributed by atoms with Crippen LogP contribution >= 0.6 is 0 Å². The fourth-order valence-corrected chi connectivity index (χ4v) is 2.86. The first-order valence-electron chi connectivity index (χ1n) is 7.45. The number of unbranched alkanes of at least 4 members (excludes halogenated alkanes) is 2. The van der Waals surface area contributed by atoms with E-state index in [0.29, 0.717) is 0 Å². The zero-order valence-corrected chi connectivity index (χ0v) is 12.9. The van der Waals surface area contributed by atoms with Crippen molar-refractivity contribution in [3.63, 3.8) is 0 Å². The molecule has 0 aliphatic rings. The Balaban J connectivity index is 0. The molecule has 0 N–H and O–H groups in total. The van der Waals surface area contributed by atoms with Crippen LogP contribution < -0.4 is 18.9 Å². The van der Waals surface area contributed by atoms with Crippen LogP contribution in [0.4, 0.5) is 0 Å². The van der Waals surface area contributed by atoms with Gasteiger partial charge in [0.2, 0.25) is 0 Å².